The number of aromatic nitrogens is 2. The molecule has 0 bridgehead atoms. The van der Waals surface area contributed by atoms with Crippen molar-refractivity contribution in [1.82, 2.24) is 9.13 Å². The summed E-state index contributed by atoms with van der Waals surface area (Å²) in [4.78, 5) is 11.9. The molecule has 0 aliphatic heterocycles. The number of aliphatic hydroxyl groups is 1. The van der Waals surface area contributed by atoms with Crippen LogP contribution in [0.3, 0.4) is 0 Å². The van der Waals surface area contributed by atoms with Gasteiger partial charge >= 0.3 is 5.69 Å². The Hall–Kier alpha value is -1.75. The van der Waals surface area contributed by atoms with Crippen LogP contribution in [0.5, 0.6) is 0 Å². The number of hydrogen-bond donors (Lipinski definition) is 1. The molecule has 0 saturated carbocycles. The molecule has 5 heteroatoms. The molecule has 5 nitrogen and oxygen atoms in total. The summed E-state index contributed by atoms with van der Waals surface area (Å²) >= 11 is 0. The molecule has 0 fully saturated rings. The fourth-order valence-electron chi connectivity index (χ4n) is 1.75. The molecular formula is C12H16N2O3. The summed E-state index contributed by atoms with van der Waals surface area (Å²) in [6.45, 7) is 3.04. The van der Waals surface area contributed by atoms with Crippen molar-refractivity contribution in [2.45, 2.75) is 33.0 Å². The quantitative estimate of drug-likeness (QED) is 0.848. The van der Waals surface area contributed by atoms with Gasteiger partial charge < -0.3 is 9.52 Å². The van der Waals surface area contributed by atoms with Gasteiger partial charge in [0.1, 0.15) is 18.1 Å². The fraction of sp³-hybridized carbons (Fsp3) is 0.417. The standard InChI is InChI=1S/C12H16N2O3/c1-2-5-13-6-7-14(12(13)16)8-10-3-4-11(9-15)17-10/h3-4,6-7,15H,2,5,8-9H2,1H3. The highest BCUT2D eigenvalue weighted by atomic mass is 16.4. The molecular weight excluding hydrogens is 220 g/mol. The minimum Gasteiger partial charge on any atom is -0.462 e. The largest absolute Gasteiger partial charge is 0.462 e. The minimum atomic E-state index is -0.119. The number of aryl methyl sites for hydroxylation is 1. The van der Waals surface area contributed by atoms with E-state index in [1.54, 1.807) is 33.7 Å². The number of nitrogens with zero attached hydrogens (tertiary/aromatic N) is 2. The predicted molar refractivity (Wildman–Crippen MR) is 62.7 cm³/mol. The van der Waals surface area contributed by atoms with Crippen LogP contribution in [0.15, 0.2) is 33.7 Å². The first-order chi connectivity index (χ1) is 8.24. The van der Waals surface area contributed by atoms with Gasteiger partial charge in [-0.05, 0) is 18.6 Å². The summed E-state index contributed by atoms with van der Waals surface area (Å²) in [6, 6.07) is 3.48. The SMILES string of the molecule is CCCn1ccn(Cc2ccc(CO)o2)c1=O. The Kier molecular flexibility index (Phi) is 3.49. The van der Waals surface area contributed by atoms with Crippen LogP contribution in [-0.2, 0) is 19.7 Å². The molecule has 2 heterocycles. The van der Waals surface area contributed by atoms with Gasteiger partial charge in [-0.3, -0.25) is 9.13 Å². The van der Waals surface area contributed by atoms with Crippen molar-refractivity contribution >= 4 is 0 Å². The van der Waals surface area contributed by atoms with Crippen molar-refractivity contribution in [3.8, 4) is 0 Å². The summed E-state index contributed by atoms with van der Waals surface area (Å²) in [5.74, 6) is 1.19. The van der Waals surface area contributed by atoms with Crippen LogP contribution in [0.25, 0.3) is 0 Å². The second-order valence-electron chi connectivity index (χ2n) is 3.93. The maximum atomic E-state index is 11.9. The van der Waals surface area contributed by atoms with E-state index in [9.17, 15) is 4.79 Å². The highest BCUT2D eigenvalue weighted by Crippen LogP contribution is 2.08. The molecule has 0 saturated heterocycles. The van der Waals surface area contributed by atoms with E-state index in [4.69, 9.17) is 9.52 Å². The highest BCUT2D eigenvalue weighted by molar-refractivity contribution is 5.07. The Balaban J connectivity index is 2.16. The first-order valence-corrected chi connectivity index (χ1v) is 5.68. The first-order valence-electron chi connectivity index (χ1n) is 5.68. The molecule has 0 atom stereocenters. The lowest BCUT2D eigenvalue weighted by Gasteiger charge is -1.99. The van der Waals surface area contributed by atoms with Crippen molar-refractivity contribution in [3.63, 3.8) is 0 Å². The number of imidazole rings is 1. The molecule has 0 aliphatic carbocycles. The Labute approximate surface area is 98.9 Å². The van der Waals surface area contributed by atoms with E-state index in [1.807, 2.05) is 6.92 Å². The molecule has 0 aliphatic rings. The molecule has 0 spiro atoms. The third kappa shape index (κ3) is 2.50. The number of furan rings is 1. The minimum absolute atomic E-state index is 0.0335. The van der Waals surface area contributed by atoms with Gasteiger partial charge in [0.15, 0.2) is 0 Å². The zero-order chi connectivity index (χ0) is 12.3. The summed E-state index contributed by atoms with van der Waals surface area (Å²) in [6.07, 6.45) is 4.46. The van der Waals surface area contributed by atoms with Crippen molar-refractivity contribution in [1.29, 1.82) is 0 Å². The molecule has 0 radical (unpaired) electrons. The third-order valence-corrected chi connectivity index (χ3v) is 2.58. The maximum absolute atomic E-state index is 11.9. The molecule has 2 aromatic heterocycles. The van der Waals surface area contributed by atoms with Gasteiger partial charge in [-0.2, -0.15) is 0 Å². The van der Waals surface area contributed by atoms with E-state index in [0.717, 1.165) is 13.0 Å². The van der Waals surface area contributed by atoms with Crippen molar-refractivity contribution in [2.24, 2.45) is 0 Å². The van der Waals surface area contributed by atoms with E-state index in [-0.39, 0.29) is 12.3 Å². The molecule has 2 aromatic rings. The van der Waals surface area contributed by atoms with Crippen LogP contribution >= 0.6 is 0 Å². The van der Waals surface area contributed by atoms with E-state index in [2.05, 4.69) is 0 Å². The summed E-state index contributed by atoms with van der Waals surface area (Å²) in [5.41, 5.74) is -0.0335. The second kappa shape index (κ2) is 5.05. The molecule has 2 rings (SSSR count). The Bertz CT molecular complexity index is 536. The number of aliphatic hydroxyl groups excluding tert-OH is 1. The monoisotopic (exact) mass is 236 g/mol. The normalized spacial score (nSPS) is 10.9. The molecule has 0 aromatic carbocycles. The van der Waals surface area contributed by atoms with Crippen LogP contribution in [-0.4, -0.2) is 14.2 Å². The van der Waals surface area contributed by atoms with Crippen LogP contribution in [0.2, 0.25) is 0 Å². The zero-order valence-electron chi connectivity index (χ0n) is 9.80. The molecule has 0 amide bonds. The topological polar surface area (TPSA) is 60.3 Å². The lowest BCUT2D eigenvalue weighted by molar-refractivity contribution is 0.243. The van der Waals surface area contributed by atoms with Gasteiger partial charge in [0.05, 0.1) is 6.54 Å². The zero-order valence-corrected chi connectivity index (χ0v) is 9.80. The maximum Gasteiger partial charge on any atom is 0.328 e. The Morgan fingerprint density at radius 2 is 1.94 bits per heavy atom. The van der Waals surface area contributed by atoms with E-state index in [0.29, 0.717) is 18.1 Å². The van der Waals surface area contributed by atoms with Crippen LogP contribution in [0.4, 0.5) is 0 Å². The molecule has 17 heavy (non-hydrogen) atoms. The third-order valence-electron chi connectivity index (χ3n) is 2.58. The van der Waals surface area contributed by atoms with E-state index in [1.165, 1.54) is 0 Å². The van der Waals surface area contributed by atoms with Gasteiger partial charge in [0.2, 0.25) is 0 Å². The predicted octanol–water partition coefficient (Wildman–Crippen LogP) is 1.19. The van der Waals surface area contributed by atoms with Crippen LogP contribution in [0, 0.1) is 0 Å². The lowest BCUT2D eigenvalue weighted by Crippen LogP contribution is -2.24. The Morgan fingerprint density at radius 1 is 1.24 bits per heavy atom. The van der Waals surface area contributed by atoms with Gasteiger partial charge in [-0.1, -0.05) is 6.92 Å². The highest BCUT2D eigenvalue weighted by Gasteiger charge is 2.06. The van der Waals surface area contributed by atoms with Crippen LogP contribution < -0.4 is 5.69 Å². The molecule has 92 valence electrons. The van der Waals surface area contributed by atoms with E-state index < -0.39 is 0 Å². The van der Waals surface area contributed by atoms with Gasteiger partial charge in [-0.25, -0.2) is 4.79 Å². The fourth-order valence-corrected chi connectivity index (χ4v) is 1.75. The average Bonchev–Trinajstić information content (AvgIpc) is 2.91. The average molecular weight is 236 g/mol. The van der Waals surface area contributed by atoms with Crippen LogP contribution in [0.1, 0.15) is 24.9 Å². The number of hydrogen-bond acceptors (Lipinski definition) is 3. The molecule has 1 N–H and O–H groups in total. The summed E-state index contributed by atoms with van der Waals surface area (Å²) in [7, 11) is 0. The van der Waals surface area contributed by atoms with Gasteiger partial charge in [-0.15, -0.1) is 0 Å². The van der Waals surface area contributed by atoms with Gasteiger partial charge in [0.25, 0.3) is 0 Å². The van der Waals surface area contributed by atoms with Gasteiger partial charge in [0, 0.05) is 18.9 Å². The Morgan fingerprint density at radius 3 is 2.59 bits per heavy atom. The van der Waals surface area contributed by atoms with Crippen molar-refractivity contribution < 1.29 is 9.52 Å². The smallest absolute Gasteiger partial charge is 0.328 e. The van der Waals surface area contributed by atoms with E-state index >= 15 is 0 Å². The first kappa shape index (κ1) is 11.7. The second-order valence-corrected chi connectivity index (χ2v) is 3.93. The number of rotatable bonds is 5. The summed E-state index contributed by atoms with van der Waals surface area (Å²) in [5, 5.41) is 8.88. The van der Waals surface area contributed by atoms with Crippen molar-refractivity contribution in [3.05, 3.63) is 46.5 Å². The molecule has 0 unspecified atom stereocenters. The lowest BCUT2D eigenvalue weighted by atomic mass is 10.4. The van der Waals surface area contributed by atoms with Crippen molar-refractivity contribution in [2.75, 3.05) is 0 Å². The summed E-state index contributed by atoms with van der Waals surface area (Å²) < 4.78 is 8.61.